The average molecular weight is 553 g/mol. The topological polar surface area (TPSA) is 56.8 Å². The Bertz CT molecular complexity index is 1420. The maximum Gasteiger partial charge on any atom is 0.227 e. The first-order chi connectivity index (χ1) is 19.1. The maximum absolute atomic E-state index is 15.2. The van der Waals surface area contributed by atoms with Crippen molar-refractivity contribution in [2.45, 2.75) is 57.2 Å². The molecule has 40 heavy (non-hydrogen) atoms. The van der Waals surface area contributed by atoms with Crippen molar-refractivity contribution in [3.05, 3.63) is 54.0 Å². The molecule has 1 atom stereocenters. The summed E-state index contributed by atoms with van der Waals surface area (Å²) in [5.41, 5.74) is 1.66. The lowest BCUT2D eigenvalue weighted by molar-refractivity contribution is 0.249. The molecule has 6 rings (SSSR count). The van der Waals surface area contributed by atoms with E-state index in [1.165, 1.54) is 12.1 Å². The molecule has 4 heterocycles. The normalized spacial score (nSPS) is 20.4. The summed E-state index contributed by atoms with van der Waals surface area (Å²) in [7, 11) is 4.15. The van der Waals surface area contributed by atoms with Crippen molar-refractivity contribution >= 4 is 23.0 Å². The second-order valence-corrected chi connectivity index (χ2v) is 11.9. The highest BCUT2D eigenvalue weighted by molar-refractivity contribution is 5.74. The Morgan fingerprint density at radius 2 is 1.75 bits per heavy atom. The molecule has 0 radical (unpaired) electrons. The van der Waals surface area contributed by atoms with Crippen LogP contribution in [-0.4, -0.2) is 66.3 Å². The highest BCUT2D eigenvalue weighted by Crippen LogP contribution is 2.48. The van der Waals surface area contributed by atoms with Gasteiger partial charge in [0.1, 0.15) is 18.1 Å². The van der Waals surface area contributed by atoms with Crippen molar-refractivity contribution in [2.24, 2.45) is 0 Å². The van der Waals surface area contributed by atoms with Crippen LogP contribution in [0.2, 0.25) is 0 Å². The summed E-state index contributed by atoms with van der Waals surface area (Å²) < 4.78 is 51.1. The molecule has 10 heteroatoms. The van der Waals surface area contributed by atoms with Gasteiger partial charge in [-0.15, -0.1) is 0 Å². The summed E-state index contributed by atoms with van der Waals surface area (Å²) in [6.45, 7) is 6.24. The van der Waals surface area contributed by atoms with Gasteiger partial charge in [0.15, 0.2) is 17.4 Å². The Morgan fingerprint density at radius 3 is 2.48 bits per heavy atom. The van der Waals surface area contributed by atoms with Crippen LogP contribution in [0.4, 0.5) is 36.2 Å². The third-order valence-corrected chi connectivity index (χ3v) is 8.57. The number of anilines is 4. The molecule has 0 saturated carbocycles. The summed E-state index contributed by atoms with van der Waals surface area (Å²) in [6.07, 6.45) is 4.89. The minimum Gasteiger partial charge on any atom is -0.486 e. The van der Waals surface area contributed by atoms with Crippen LogP contribution in [0.1, 0.15) is 39.5 Å². The molecule has 1 aromatic heterocycles. The molecule has 0 bridgehead atoms. The third-order valence-electron chi connectivity index (χ3n) is 8.57. The molecule has 1 N–H and O–H groups in total. The van der Waals surface area contributed by atoms with E-state index in [1.807, 2.05) is 0 Å². The Hall–Kier alpha value is -3.53. The van der Waals surface area contributed by atoms with Gasteiger partial charge in [-0.1, -0.05) is 0 Å². The van der Waals surface area contributed by atoms with E-state index in [9.17, 15) is 4.39 Å². The minimum absolute atomic E-state index is 0.0424. The molecule has 0 aliphatic carbocycles. The highest BCUT2D eigenvalue weighted by atomic mass is 19.1. The fraction of sp³-hybridized carbons (Fsp3) is 0.467. The molecular weight excluding hydrogens is 517 g/mol. The van der Waals surface area contributed by atoms with Gasteiger partial charge in [-0.05, 0) is 84.0 Å². The van der Waals surface area contributed by atoms with Crippen molar-refractivity contribution in [3.63, 3.8) is 0 Å². The zero-order valence-corrected chi connectivity index (χ0v) is 23.3. The standard InChI is InChI=1S/C30H35F3N6O/c1-30(2)10-7-21-17-40-28-23(32)13-18(14-26(28)39(21)30)27-24(33)16-34-29(36-27)35-19-5-6-25(22(31)15-19)38-11-8-20(9-12-38)37(3)4/h5-6,13-16,20-21H,7-12,17H2,1-4H3,(H,34,35,36). The van der Waals surface area contributed by atoms with Crippen molar-refractivity contribution in [1.82, 2.24) is 14.9 Å². The molecule has 7 nitrogen and oxygen atoms in total. The number of rotatable bonds is 5. The second kappa shape index (κ2) is 10.1. The van der Waals surface area contributed by atoms with Gasteiger partial charge >= 0.3 is 0 Å². The summed E-state index contributed by atoms with van der Waals surface area (Å²) in [6, 6.07) is 8.52. The van der Waals surface area contributed by atoms with Crippen LogP contribution >= 0.6 is 0 Å². The number of nitrogens with one attached hydrogen (secondary N) is 1. The lowest BCUT2D eigenvalue weighted by Gasteiger charge is -2.42. The molecule has 0 amide bonds. The van der Waals surface area contributed by atoms with Crippen molar-refractivity contribution in [3.8, 4) is 17.0 Å². The molecule has 0 spiro atoms. The first-order valence-electron chi connectivity index (χ1n) is 13.9. The van der Waals surface area contributed by atoms with Gasteiger partial charge in [0.05, 0.1) is 23.6 Å². The van der Waals surface area contributed by atoms with E-state index in [2.05, 4.69) is 57.9 Å². The van der Waals surface area contributed by atoms with Gasteiger partial charge in [0, 0.05) is 35.9 Å². The third kappa shape index (κ3) is 4.82. The van der Waals surface area contributed by atoms with E-state index in [0.29, 0.717) is 29.7 Å². The van der Waals surface area contributed by atoms with Crippen LogP contribution in [0.25, 0.3) is 11.3 Å². The molecule has 2 fully saturated rings. The van der Waals surface area contributed by atoms with E-state index in [0.717, 1.165) is 45.0 Å². The number of hydrogen-bond acceptors (Lipinski definition) is 7. The van der Waals surface area contributed by atoms with Crippen LogP contribution in [0.5, 0.6) is 5.75 Å². The SMILES string of the molecule is CN(C)C1CCN(c2ccc(Nc3ncc(F)c(-c4cc(F)c5c(c4)N4C(CCC4(C)C)CO5)n3)cc2F)CC1. The van der Waals surface area contributed by atoms with Crippen molar-refractivity contribution in [1.29, 1.82) is 0 Å². The predicted molar refractivity (Wildman–Crippen MR) is 151 cm³/mol. The smallest absolute Gasteiger partial charge is 0.227 e. The molecule has 3 aliphatic heterocycles. The van der Waals surface area contributed by atoms with Crippen molar-refractivity contribution < 1.29 is 17.9 Å². The van der Waals surface area contributed by atoms with Crippen LogP contribution < -0.4 is 19.9 Å². The number of benzene rings is 2. The average Bonchev–Trinajstić information content (AvgIpc) is 3.24. The lowest BCUT2D eigenvalue weighted by Crippen LogP contribution is -2.48. The van der Waals surface area contributed by atoms with E-state index in [4.69, 9.17) is 4.74 Å². The summed E-state index contributed by atoms with van der Waals surface area (Å²) in [5, 5.41) is 2.98. The fourth-order valence-corrected chi connectivity index (χ4v) is 6.38. The number of ether oxygens (including phenoxy) is 1. The quantitative estimate of drug-likeness (QED) is 0.418. The highest BCUT2D eigenvalue weighted by Gasteiger charge is 2.44. The van der Waals surface area contributed by atoms with Crippen LogP contribution in [0.3, 0.4) is 0 Å². The molecule has 1 unspecified atom stereocenters. The van der Waals surface area contributed by atoms with Crippen LogP contribution in [-0.2, 0) is 0 Å². The van der Waals surface area contributed by atoms with E-state index >= 15 is 8.78 Å². The van der Waals surface area contributed by atoms with Gasteiger partial charge < -0.3 is 24.8 Å². The van der Waals surface area contributed by atoms with E-state index < -0.39 is 11.6 Å². The van der Waals surface area contributed by atoms with Gasteiger partial charge in [-0.25, -0.2) is 23.1 Å². The number of hydrogen-bond donors (Lipinski definition) is 1. The number of nitrogens with zero attached hydrogens (tertiary/aromatic N) is 5. The fourth-order valence-electron chi connectivity index (χ4n) is 6.38. The minimum atomic E-state index is -0.679. The Morgan fingerprint density at radius 1 is 0.975 bits per heavy atom. The molecule has 212 valence electrons. The number of halogens is 3. The first kappa shape index (κ1) is 26.7. The number of piperidine rings is 1. The van der Waals surface area contributed by atoms with Gasteiger partial charge in [0.25, 0.3) is 0 Å². The maximum atomic E-state index is 15.2. The first-order valence-corrected chi connectivity index (χ1v) is 13.9. The van der Waals surface area contributed by atoms with Gasteiger partial charge in [0.2, 0.25) is 5.95 Å². The predicted octanol–water partition coefficient (Wildman–Crippen LogP) is 5.97. The molecule has 2 aromatic carbocycles. The van der Waals surface area contributed by atoms with Crippen LogP contribution in [0.15, 0.2) is 36.5 Å². The largest absolute Gasteiger partial charge is 0.486 e. The second-order valence-electron chi connectivity index (χ2n) is 11.9. The number of aromatic nitrogens is 2. The van der Waals surface area contributed by atoms with Crippen molar-refractivity contribution in [2.75, 3.05) is 48.9 Å². The molecule has 2 saturated heterocycles. The summed E-state index contributed by atoms with van der Waals surface area (Å²) in [4.78, 5) is 14.9. The lowest BCUT2D eigenvalue weighted by atomic mass is 10.0. The summed E-state index contributed by atoms with van der Waals surface area (Å²) in [5.74, 6) is -1.32. The van der Waals surface area contributed by atoms with Gasteiger partial charge in [-0.3, -0.25) is 0 Å². The van der Waals surface area contributed by atoms with E-state index in [1.54, 1.807) is 18.2 Å². The van der Waals surface area contributed by atoms with E-state index in [-0.39, 0.29) is 40.4 Å². The Kier molecular flexibility index (Phi) is 6.76. The molecular formula is C30H35F3N6O. The van der Waals surface area contributed by atoms with Gasteiger partial charge in [-0.2, -0.15) is 0 Å². The summed E-state index contributed by atoms with van der Waals surface area (Å²) >= 11 is 0. The molecule has 3 aromatic rings. The monoisotopic (exact) mass is 552 g/mol. The number of fused-ring (bicyclic) bond motifs is 3. The zero-order chi connectivity index (χ0) is 28.2. The Labute approximate surface area is 233 Å². The van der Waals surface area contributed by atoms with Crippen LogP contribution in [0, 0.1) is 17.5 Å². The molecule has 3 aliphatic rings. The zero-order valence-electron chi connectivity index (χ0n) is 23.3. The Balaban J connectivity index is 1.25.